The maximum atomic E-state index is 12.2. The zero-order valence-electron chi connectivity index (χ0n) is 14.8. The van der Waals surface area contributed by atoms with E-state index < -0.39 is 10.0 Å². The monoisotopic (exact) mass is 377 g/mol. The molecule has 8 heteroatoms. The lowest BCUT2D eigenvalue weighted by Crippen LogP contribution is -2.40. The third-order valence-corrected chi connectivity index (χ3v) is 4.76. The van der Waals surface area contributed by atoms with Crippen LogP contribution in [0.1, 0.15) is 18.5 Å². The van der Waals surface area contributed by atoms with Gasteiger partial charge in [0.1, 0.15) is 12.4 Å². The first kappa shape index (κ1) is 19.7. The number of urea groups is 1. The van der Waals surface area contributed by atoms with Gasteiger partial charge in [0.25, 0.3) is 0 Å². The fourth-order valence-electron chi connectivity index (χ4n) is 2.24. The Balaban J connectivity index is 1.83. The van der Waals surface area contributed by atoms with E-state index in [1.165, 1.54) is 17.0 Å². The second kappa shape index (κ2) is 8.68. The van der Waals surface area contributed by atoms with E-state index in [2.05, 4.69) is 5.32 Å². The molecule has 0 fully saturated rings. The van der Waals surface area contributed by atoms with Crippen molar-refractivity contribution in [1.82, 2.24) is 10.2 Å². The molecule has 0 spiro atoms. The number of nitrogens with zero attached hydrogens (tertiary/aromatic N) is 1. The van der Waals surface area contributed by atoms with E-state index in [9.17, 15) is 13.2 Å². The number of primary sulfonamides is 1. The van der Waals surface area contributed by atoms with E-state index in [1.54, 1.807) is 19.2 Å². The fraction of sp³-hybridized carbons (Fsp3) is 0.278. The Morgan fingerprint density at radius 1 is 1.15 bits per heavy atom. The maximum absolute atomic E-state index is 12.2. The summed E-state index contributed by atoms with van der Waals surface area (Å²) in [5.74, 6) is 0.754. The van der Waals surface area contributed by atoms with Crippen LogP contribution in [-0.4, -0.2) is 39.5 Å². The molecule has 1 atom stereocenters. The molecule has 2 aromatic rings. The molecule has 0 heterocycles. The van der Waals surface area contributed by atoms with Crippen molar-refractivity contribution in [2.45, 2.75) is 17.9 Å². The predicted octanol–water partition coefficient (Wildman–Crippen LogP) is 2.12. The number of rotatable bonds is 7. The molecular weight excluding hydrogens is 354 g/mol. The third-order valence-electron chi connectivity index (χ3n) is 3.83. The molecule has 3 N–H and O–H groups in total. The van der Waals surface area contributed by atoms with Crippen LogP contribution < -0.4 is 15.2 Å². The fourth-order valence-corrected chi connectivity index (χ4v) is 2.76. The van der Waals surface area contributed by atoms with Gasteiger partial charge in [-0.15, -0.1) is 0 Å². The molecule has 0 saturated carbocycles. The van der Waals surface area contributed by atoms with Gasteiger partial charge in [0.05, 0.1) is 17.5 Å². The highest BCUT2D eigenvalue weighted by Crippen LogP contribution is 2.15. The molecule has 2 rings (SSSR count). The number of para-hydroxylation sites is 1. The van der Waals surface area contributed by atoms with Gasteiger partial charge >= 0.3 is 6.03 Å². The van der Waals surface area contributed by atoms with Gasteiger partial charge in [0.2, 0.25) is 10.0 Å². The number of amides is 2. The van der Waals surface area contributed by atoms with E-state index >= 15 is 0 Å². The number of hydrogen-bond donors (Lipinski definition) is 2. The van der Waals surface area contributed by atoms with E-state index in [0.29, 0.717) is 13.2 Å². The number of carbonyl (C=O) groups excluding carboxylic acids is 1. The predicted molar refractivity (Wildman–Crippen MR) is 99.3 cm³/mol. The van der Waals surface area contributed by atoms with E-state index in [1.807, 2.05) is 37.3 Å². The summed E-state index contributed by atoms with van der Waals surface area (Å²) < 4.78 is 28.1. The second-order valence-electron chi connectivity index (χ2n) is 5.87. The van der Waals surface area contributed by atoms with Crippen molar-refractivity contribution in [3.05, 3.63) is 60.2 Å². The zero-order chi connectivity index (χ0) is 19.2. The lowest BCUT2D eigenvalue weighted by atomic mass is 10.1. The number of hydrogen-bond acceptors (Lipinski definition) is 4. The minimum atomic E-state index is -3.72. The molecule has 0 aromatic heterocycles. The molecule has 0 aliphatic carbocycles. The van der Waals surface area contributed by atoms with Crippen molar-refractivity contribution in [2.24, 2.45) is 5.14 Å². The van der Waals surface area contributed by atoms with Crippen LogP contribution >= 0.6 is 0 Å². The molecule has 0 radical (unpaired) electrons. The smallest absolute Gasteiger partial charge is 0.317 e. The van der Waals surface area contributed by atoms with Gasteiger partial charge in [0, 0.05) is 7.05 Å². The summed E-state index contributed by atoms with van der Waals surface area (Å²) >= 11 is 0. The van der Waals surface area contributed by atoms with Crippen LogP contribution in [0.3, 0.4) is 0 Å². The standard InChI is InChI=1S/C18H23N3O4S/c1-14(15-8-10-17(11-9-15)26(19,23)24)20-18(22)21(2)12-13-25-16-6-4-3-5-7-16/h3-11,14H,12-13H2,1-2H3,(H,20,22)(H2,19,23,24). The Labute approximate surface area is 153 Å². The van der Waals surface area contributed by atoms with E-state index in [0.717, 1.165) is 11.3 Å². The van der Waals surface area contributed by atoms with Crippen LogP contribution in [0.4, 0.5) is 4.79 Å². The molecular formula is C18H23N3O4S. The van der Waals surface area contributed by atoms with Gasteiger partial charge in [-0.2, -0.15) is 0 Å². The van der Waals surface area contributed by atoms with Crippen molar-refractivity contribution in [1.29, 1.82) is 0 Å². The normalized spacial score (nSPS) is 12.3. The number of ether oxygens (including phenoxy) is 1. The van der Waals surface area contributed by atoms with Crippen molar-refractivity contribution in [2.75, 3.05) is 20.2 Å². The van der Waals surface area contributed by atoms with Gasteiger partial charge in [0.15, 0.2) is 0 Å². The average molecular weight is 377 g/mol. The van der Waals surface area contributed by atoms with E-state index in [-0.39, 0.29) is 17.0 Å². The van der Waals surface area contributed by atoms with Crippen LogP contribution in [0, 0.1) is 0 Å². The second-order valence-corrected chi connectivity index (χ2v) is 7.43. The van der Waals surface area contributed by atoms with Crippen molar-refractivity contribution in [3.8, 4) is 5.75 Å². The Morgan fingerprint density at radius 3 is 2.35 bits per heavy atom. The number of likely N-dealkylation sites (N-methyl/N-ethyl adjacent to an activating group) is 1. The third kappa shape index (κ3) is 5.75. The van der Waals surface area contributed by atoms with Gasteiger partial charge in [-0.05, 0) is 36.8 Å². The number of nitrogens with two attached hydrogens (primary N) is 1. The van der Waals surface area contributed by atoms with Crippen molar-refractivity contribution < 1.29 is 17.9 Å². The lowest BCUT2D eigenvalue weighted by Gasteiger charge is -2.22. The molecule has 2 amide bonds. The van der Waals surface area contributed by atoms with Gasteiger partial charge in [-0.1, -0.05) is 30.3 Å². The number of benzene rings is 2. The van der Waals surface area contributed by atoms with Crippen LogP contribution in [0.25, 0.3) is 0 Å². The molecule has 1 unspecified atom stereocenters. The molecule has 0 bridgehead atoms. The average Bonchev–Trinajstić information content (AvgIpc) is 2.61. The summed E-state index contributed by atoms with van der Waals surface area (Å²) in [5.41, 5.74) is 0.777. The Kier molecular flexibility index (Phi) is 6.59. The first-order valence-corrected chi connectivity index (χ1v) is 9.64. The number of carbonyl (C=O) groups is 1. The maximum Gasteiger partial charge on any atom is 0.317 e. The van der Waals surface area contributed by atoms with Gasteiger partial charge < -0.3 is 15.0 Å². The molecule has 7 nitrogen and oxygen atoms in total. The topological polar surface area (TPSA) is 102 Å². The molecule has 2 aromatic carbocycles. The minimum absolute atomic E-state index is 0.0370. The van der Waals surface area contributed by atoms with Gasteiger partial charge in [-0.3, -0.25) is 0 Å². The highest BCUT2D eigenvalue weighted by Gasteiger charge is 2.14. The quantitative estimate of drug-likeness (QED) is 0.771. The largest absolute Gasteiger partial charge is 0.492 e. The molecule has 140 valence electrons. The van der Waals surface area contributed by atoms with Crippen LogP contribution in [-0.2, 0) is 10.0 Å². The number of nitrogens with one attached hydrogen (secondary N) is 1. The lowest BCUT2D eigenvalue weighted by molar-refractivity contribution is 0.192. The highest BCUT2D eigenvalue weighted by molar-refractivity contribution is 7.89. The van der Waals surface area contributed by atoms with Crippen molar-refractivity contribution >= 4 is 16.1 Å². The molecule has 0 saturated heterocycles. The van der Waals surface area contributed by atoms with Crippen LogP contribution in [0.15, 0.2) is 59.5 Å². The molecule has 26 heavy (non-hydrogen) atoms. The molecule has 0 aliphatic heterocycles. The van der Waals surface area contributed by atoms with E-state index in [4.69, 9.17) is 9.88 Å². The first-order chi connectivity index (χ1) is 12.3. The Bertz CT molecular complexity index is 823. The van der Waals surface area contributed by atoms with Crippen LogP contribution in [0.5, 0.6) is 5.75 Å². The minimum Gasteiger partial charge on any atom is -0.492 e. The first-order valence-electron chi connectivity index (χ1n) is 8.09. The SMILES string of the molecule is CC(NC(=O)N(C)CCOc1ccccc1)c1ccc(S(N)(=O)=O)cc1. The summed E-state index contributed by atoms with van der Waals surface area (Å²) in [6, 6.07) is 15.0. The molecule has 0 aliphatic rings. The Hall–Kier alpha value is -2.58. The van der Waals surface area contributed by atoms with Crippen LogP contribution in [0.2, 0.25) is 0 Å². The summed E-state index contributed by atoms with van der Waals surface area (Å²) in [4.78, 5) is 13.8. The van der Waals surface area contributed by atoms with Crippen molar-refractivity contribution in [3.63, 3.8) is 0 Å². The van der Waals surface area contributed by atoms with Gasteiger partial charge in [-0.25, -0.2) is 18.4 Å². The summed E-state index contributed by atoms with van der Waals surface area (Å²) in [7, 11) is -2.04. The zero-order valence-corrected chi connectivity index (χ0v) is 15.6. The Morgan fingerprint density at radius 2 is 1.77 bits per heavy atom. The summed E-state index contributed by atoms with van der Waals surface area (Å²) in [6.45, 7) is 2.63. The number of sulfonamides is 1. The summed E-state index contributed by atoms with van der Waals surface area (Å²) in [5, 5.41) is 7.93. The highest BCUT2D eigenvalue weighted by atomic mass is 32.2. The summed E-state index contributed by atoms with van der Waals surface area (Å²) in [6.07, 6.45) is 0.